The number of aromatic amines is 1. The van der Waals surface area contributed by atoms with Crippen LogP contribution in [0, 0.1) is 0 Å². The highest BCUT2D eigenvalue weighted by atomic mass is 79.9. The number of nitrogens with zero attached hydrogens (tertiary/aromatic N) is 4. The molecule has 1 N–H and O–H groups in total. The highest BCUT2D eigenvalue weighted by Gasteiger charge is 2.43. The molecule has 0 fully saturated rings. The first-order valence-electron chi connectivity index (χ1n) is 13.9. The molecule has 3 heterocycles. The van der Waals surface area contributed by atoms with Gasteiger partial charge in [-0.05, 0) is 30.5 Å². The van der Waals surface area contributed by atoms with Crippen molar-refractivity contribution in [1.29, 1.82) is 0 Å². The molecule has 2 aromatic carbocycles. The number of hydrogen-bond acceptors (Lipinski definition) is 3. The number of halogens is 1. The fraction of sp³-hybridized carbons (Fsp3) is 0.387. The summed E-state index contributed by atoms with van der Waals surface area (Å²) in [5, 5.41) is 5.08. The van der Waals surface area contributed by atoms with E-state index in [0.717, 1.165) is 70.6 Å². The second-order valence-corrected chi connectivity index (χ2v) is 11.0. The van der Waals surface area contributed by atoms with Gasteiger partial charge in [-0.25, -0.2) is 4.98 Å². The second-order valence-electron chi connectivity index (χ2n) is 10.1. The van der Waals surface area contributed by atoms with Crippen molar-refractivity contribution in [3.05, 3.63) is 94.1 Å². The minimum Gasteiger partial charge on any atom is -0.349 e. The molecule has 0 radical (unpaired) electrons. The Morgan fingerprint density at radius 3 is 2.42 bits per heavy atom. The van der Waals surface area contributed by atoms with Crippen LogP contribution in [-0.4, -0.2) is 37.1 Å². The molecule has 0 spiro atoms. The number of nitrogens with one attached hydrogen (secondary N) is 1. The third-order valence-corrected chi connectivity index (χ3v) is 7.89. The summed E-state index contributed by atoms with van der Waals surface area (Å²) in [6, 6.07) is 18.5. The predicted molar refractivity (Wildman–Crippen MR) is 155 cm³/mol. The quantitative estimate of drug-likeness (QED) is 0.168. The molecule has 0 aliphatic carbocycles. The van der Waals surface area contributed by atoms with Gasteiger partial charge in [-0.1, -0.05) is 97.4 Å². The van der Waals surface area contributed by atoms with Crippen LogP contribution in [0.4, 0.5) is 0 Å². The molecule has 1 amide bonds. The number of carbonyl (C=O) groups excluding carboxylic acids is 1. The molecule has 1 unspecified atom stereocenters. The number of unbranched alkanes of at least 4 members (excludes halogenated alkanes) is 5. The first-order valence-corrected chi connectivity index (χ1v) is 14.7. The summed E-state index contributed by atoms with van der Waals surface area (Å²) in [7, 11) is 0. The van der Waals surface area contributed by atoms with Crippen LogP contribution < -0.4 is 0 Å². The van der Waals surface area contributed by atoms with Gasteiger partial charge in [-0.2, -0.15) is 5.10 Å². The lowest BCUT2D eigenvalue weighted by Crippen LogP contribution is -2.31. The van der Waals surface area contributed by atoms with E-state index in [1.807, 2.05) is 34.0 Å². The molecule has 0 saturated heterocycles. The van der Waals surface area contributed by atoms with Crippen LogP contribution in [0.15, 0.2) is 71.5 Å². The molecule has 4 aromatic rings. The lowest BCUT2D eigenvalue weighted by molar-refractivity contribution is 0.0736. The van der Waals surface area contributed by atoms with E-state index in [0.29, 0.717) is 6.54 Å². The van der Waals surface area contributed by atoms with Crippen molar-refractivity contribution < 1.29 is 4.79 Å². The van der Waals surface area contributed by atoms with Crippen molar-refractivity contribution in [3.63, 3.8) is 0 Å². The van der Waals surface area contributed by atoms with Crippen molar-refractivity contribution in [2.75, 3.05) is 6.54 Å². The summed E-state index contributed by atoms with van der Waals surface area (Å²) in [6.45, 7) is 3.66. The van der Waals surface area contributed by atoms with Gasteiger partial charge in [0.1, 0.15) is 11.5 Å². The first-order chi connectivity index (χ1) is 18.7. The zero-order valence-corrected chi connectivity index (χ0v) is 23.7. The van der Waals surface area contributed by atoms with Gasteiger partial charge in [0.25, 0.3) is 5.91 Å². The summed E-state index contributed by atoms with van der Waals surface area (Å²) >= 11 is 3.58. The fourth-order valence-electron chi connectivity index (χ4n) is 5.46. The molecule has 2 aromatic heterocycles. The van der Waals surface area contributed by atoms with E-state index in [2.05, 4.69) is 69.2 Å². The third kappa shape index (κ3) is 5.78. The number of hydrogen-bond donors (Lipinski definition) is 1. The molecule has 38 heavy (non-hydrogen) atoms. The van der Waals surface area contributed by atoms with E-state index < -0.39 is 0 Å². The van der Waals surface area contributed by atoms with Crippen molar-refractivity contribution >= 4 is 21.8 Å². The van der Waals surface area contributed by atoms with E-state index in [1.165, 1.54) is 25.7 Å². The smallest absolute Gasteiger partial charge is 0.273 e. The van der Waals surface area contributed by atoms with E-state index in [-0.39, 0.29) is 11.9 Å². The van der Waals surface area contributed by atoms with Crippen LogP contribution in [-0.2, 0) is 13.0 Å². The van der Waals surface area contributed by atoms with Crippen LogP contribution in [0.5, 0.6) is 0 Å². The van der Waals surface area contributed by atoms with Crippen molar-refractivity contribution in [2.24, 2.45) is 0 Å². The highest BCUT2D eigenvalue weighted by Crippen LogP contribution is 2.44. The Morgan fingerprint density at radius 2 is 1.68 bits per heavy atom. The summed E-state index contributed by atoms with van der Waals surface area (Å²) in [6.07, 6.45) is 12.5. The molecule has 198 valence electrons. The maximum atomic E-state index is 14.1. The van der Waals surface area contributed by atoms with E-state index in [9.17, 15) is 4.79 Å². The van der Waals surface area contributed by atoms with Crippen LogP contribution in [0.3, 0.4) is 0 Å². The number of imidazole rings is 1. The Kier molecular flexibility index (Phi) is 8.74. The monoisotopic (exact) mass is 573 g/mol. The Bertz CT molecular complexity index is 1310. The standard InChI is InChI=1S/C31H36BrN5O/c1-2-3-4-5-6-10-22-37-30-27(28(35-37)23-12-8-7-9-13-23)29(24-15-17-25(32)18-16-24)36(31(30)38)21-11-14-26-33-19-20-34-26/h7-9,12-13,15-20,29H,2-6,10-11,14,21-22H2,1H3,(H,33,34). The number of aromatic nitrogens is 4. The summed E-state index contributed by atoms with van der Waals surface area (Å²) in [4.78, 5) is 23.7. The van der Waals surface area contributed by atoms with Gasteiger partial charge in [0.05, 0.1) is 11.7 Å². The van der Waals surface area contributed by atoms with Gasteiger partial charge < -0.3 is 9.88 Å². The minimum absolute atomic E-state index is 0.0769. The lowest BCUT2D eigenvalue weighted by Gasteiger charge is -2.26. The second kappa shape index (κ2) is 12.6. The lowest BCUT2D eigenvalue weighted by atomic mass is 9.96. The molecule has 0 bridgehead atoms. The van der Waals surface area contributed by atoms with Gasteiger partial charge in [0.15, 0.2) is 0 Å². The molecule has 0 saturated carbocycles. The molecule has 1 atom stereocenters. The molecular formula is C31H36BrN5O. The van der Waals surface area contributed by atoms with Crippen LogP contribution >= 0.6 is 15.9 Å². The molecular weight excluding hydrogens is 538 g/mol. The van der Waals surface area contributed by atoms with Crippen LogP contribution in [0.1, 0.15) is 85.4 Å². The largest absolute Gasteiger partial charge is 0.349 e. The summed E-state index contributed by atoms with van der Waals surface area (Å²) in [5.41, 5.74) is 4.87. The normalized spacial score (nSPS) is 14.8. The van der Waals surface area contributed by atoms with E-state index >= 15 is 0 Å². The number of aryl methyl sites for hydroxylation is 2. The van der Waals surface area contributed by atoms with Crippen molar-refractivity contribution in [1.82, 2.24) is 24.6 Å². The third-order valence-electron chi connectivity index (χ3n) is 7.36. The highest BCUT2D eigenvalue weighted by molar-refractivity contribution is 9.10. The van der Waals surface area contributed by atoms with Crippen molar-refractivity contribution in [3.8, 4) is 11.3 Å². The van der Waals surface area contributed by atoms with Gasteiger partial charge in [-0.3, -0.25) is 9.48 Å². The number of amides is 1. The SMILES string of the molecule is CCCCCCCCn1nc(-c2ccccc2)c2c1C(=O)N(CCCc1ncc[nH]1)C2c1ccc(Br)cc1. The maximum absolute atomic E-state index is 14.1. The Hall–Kier alpha value is -3.19. The average Bonchev–Trinajstić information content (AvgIpc) is 3.65. The molecule has 7 heteroatoms. The summed E-state index contributed by atoms with van der Waals surface area (Å²) in [5.74, 6) is 1.03. The van der Waals surface area contributed by atoms with Gasteiger partial charge in [0, 0.05) is 47.5 Å². The van der Waals surface area contributed by atoms with E-state index in [1.54, 1.807) is 6.20 Å². The Balaban J connectivity index is 1.49. The number of benzene rings is 2. The first kappa shape index (κ1) is 26.4. The molecule has 6 nitrogen and oxygen atoms in total. The van der Waals surface area contributed by atoms with Crippen molar-refractivity contribution in [2.45, 2.75) is 70.9 Å². The Labute approximate surface area is 233 Å². The fourth-order valence-corrected chi connectivity index (χ4v) is 5.72. The zero-order valence-electron chi connectivity index (χ0n) is 22.1. The number of H-pyrrole nitrogens is 1. The number of carbonyl (C=O) groups is 1. The van der Waals surface area contributed by atoms with E-state index in [4.69, 9.17) is 5.10 Å². The maximum Gasteiger partial charge on any atom is 0.273 e. The van der Waals surface area contributed by atoms with Gasteiger partial charge in [0.2, 0.25) is 0 Å². The van der Waals surface area contributed by atoms with Gasteiger partial charge in [-0.15, -0.1) is 0 Å². The minimum atomic E-state index is -0.171. The van der Waals surface area contributed by atoms with Crippen LogP contribution in [0.25, 0.3) is 11.3 Å². The molecule has 1 aliphatic rings. The topological polar surface area (TPSA) is 66.8 Å². The number of fused-ring (bicyclic) bond motifs is 1. The van der Waals surface area contributed by atoms with Crippen LogP contribution in [0.2, 0.25) is 0 Å². The van der Waals surface area contributed by atoms with Gasteiger partial charge >= 0.3 is 0 Å². The molecule has 1 aliphatic heterocycles. The average molecular weight is 575 g/mol. The Morgan fingerprint density at radius 1 is 0.921 bits per heavy atom. The predicted octanol–water partition coefficient (Wildman–Crippen LogP) is 7.57. The number of rotatable bonds is 13. The zero-order chi connectivity index (χ0) is 26.3. The molecule has 5 rings (SSSR count). The summed E-state index contributed by atoms with van der Waals surface area (Å²) < 4.78 is 3.02.